The molecule has 4 heteroatoms. The molecule has 0 atom stereocenters. The average Bonchev–Trinajstić information content (AvgIpc) is 2.44. The van der Waals surface area contributed by atoms with E-state index in [1.54, 1.807) is 36.5 Å². The summed E-state index contributed by atoms with van der Waals surface area (Å²) in [4.78, 5) is 4.14. The van der Waals surface area contributed by atoms with Crippen LogP contribution in [-0.4, -0.2) is 10.1 Å². The molecule has 0 bridgehead atoms. The number of hydrogen-bond donors (Lipinski definition) is 2. The van der Waals surface area contributed by atoms with E-state index in [0.717, 1.165) is 0 Å². The first-order valence-corrected chi connectivity index (χ1v) is 5.79. The molecule has 0 aliphatic heterocycles. The highest BCUT2D eigenvalue weighted by Crippen LogP contribution is 2.37. The highest BCUT2D eigenvalue weighted by atomic mass is 19.1. The molecule has 3 N–H and O–H groups in total. The van der Waals surface area contributed by atoms with Crippen LogP contribution < -0.4 is 5.73 Å². The van der Waals surface area contributed by atoms with Gasteiger partial charge in [0, 0.05) is 22.8 Å². The number of fused-ring (bicyclic) bond motifs is 1. The van der Waals surface area contributed by atoms with Crippen molar-refractivity contribution in [1.82, 2.24) is 4.98 Å². The SMILES string of the molecule is Nc1cc(-c2ccc(F)cc2)c(O)c2ncccc12. The van der Waals surface area contributed by atoms with Gasteiger partial charge in [-0.25, -0.2) is 4.39 Å². The molecule has 0 fully saturated rings. The van der Waals surface area contributed by atoms with E-state index in [1.807, 2.05) is 0 Å². The van der Waals surface area contributed by atoms with Gasteiger partial charge in [0.2, 0.25) is 0 Å². The third-order valence-corrected chi connectivity index (χ3v) is 3.05. The number of nitrogens with two attached hydrogens (primary N) is 1. The van der Waals surface area contributed by atoms with Gasteiger partial charge in [-0.2, -0.15) is 0 Å². The highest BCUT2D eigenvalue weighted by Gasteiger charge is 2.12. The van der Waals surface area contributed by atoms with Gasteiger partial charge in [0.1, 0.15) is 17.1 Å². The zero-order valence-electron chi connectivity index (χ0n) is 9.97. The zero-order valence-corrected chi connectivity index (χ0v) is 9.97. The third-order valence-electron chi connectivity index (χ3n) is 3.05. The van der Waals surface area contributed by atoms with E-state index in [-0.39, 0.29) is 11.6 Å². The molecule has 1 aromatic heterocycles. The molecule has 94 valence electrons. The van der Waals surface area contributed by atoms with Crippen LogP contribution in [0, 0.1) is 5.82 Å². The molecule has 0 amide bonds. The summed E-state index contributed by atoms with van der Waals surface area (Å²) in [7, 11) is 0. The molecule has 0 aliphatic rings. The highest BCUT2D eigenvalue weighted by molar-refractivity contribution is 5.99. The largest absolute Gasteiger partial charge is 0.505 e. The lowest BCUT2D eigenvalue weighted by atomic mass is 10.0. The van der Waals surface area contributed by atoms with Crippen LogP contribution in [0.15, 0.2) is 48.7 Å². The van der Waals surface area contributed by atoms with E-state index in [4.69, 9.17) is 5.73 Å². The lowest BCUT2D eigenvalue weighted by molar-refractivity contribution is 0.482. The predicted molar refractivity (Wildman–Crippen MR) is 73.2 cm³/mol. The zero-order chi connectivity index (χ0) is 13.4. The quantitative estimate of drug-likeness (QED) is 0.517. The lowest BCUT2D eigenvalue weighted by Crippen LogP contribution is -1.91. The van der Waals surface area contributed by atoms with Crippen molar-refractivity contribution in [3.05, 3.63) is 54.5 Å². The molecule has 0 aliphatic carbocycles. The summed E-state index contributed by atoms with van der Waals surface area (Å²) >= 11 is 0. The smallest absolute Gasteiger partial charge is 0.149 e. The maximum atomic E-state index is 12.9. The minimum absolute atomic E-state index is 0.0522. The van der Waals surface area contributed by atoms with E-state index in [1.165, 1.54) is 12.1 Å². The average molecular weight is 254 g/mol. The second kappa shape index (κ2) is 4.24. The van der Waals surface area contributed by atoms with Gasteiger partial charge in [-0.15, -0.1) is 0 Å². The molecular formula is C15H11FN2O. The summed E-state index contributed by atoms with van der Waals surface area (Å²) in [6.07, 6.45) is 1.59. The molecule has 2 aromatic carbocycles. The number of nitrogen functional groups attached to an aromatic ring is 1. The van der Waals surface area contributed by atoms with Gasteiger partial charge in [-0.1, -0.05) is 12.1 Å². The number of phenolic OH excluding ortho intramolecular Hbond substituents is 1. The van der Waals surface area contributed by atoms with Crippen LogP contribution in [0.25, 0.3) is 22.0 Å². The summed E-state index contributed by atoms with van der Waals surface area (Å²) in [6, 6.07) is 11.1. The van der Waals surface area contributed by atoms with Gasteiger partial charge in [-0.05, 0) is 35.9 Å². The summed E-state index contributed by atoms with van der Waals surface area (Å²) in [6.45, 7) is 0. The van der Waals surface area contributed by atoms with E-state index < -0.39 is 0 Å². The van der Waals surface area contributed by atoms with Crippen molar-refractivity contribution in [2.45, 2.75) is 0 Å². The Kier molecular flexibility index (Phi) is 2.56. The molecule has 0 radical (unpaired) electrons. The topological polar surface area (TPSA) is 59.1 Å². The molecule has 0 spiro atoms. The molecule has 3 aromatic rings. The molecule has 3 rings (SSSR count). The normalized spacial score (nSPS) is 10.8. The first-order chi connectivity index (χ1) is 9.16. The van der Waals surface area contributed by atoms with Gasteiger partial charge < -0.3 is 10.8 Å². The first kappa shape index (κ1) is 11.5. The van der Waals surface area contributed by atoms with E-state index in [2.05, 4.69) is 4.98 Å². The molecule has 0 saturated heterocycles. The van der Waals surface area contributed by atoms with E-state index in [9.17, 15) is 9.50 Å². The summed E-state index contributed by atoms with van der Waals surface area (Å²) in [5.74, 6) is -0.272. The third kappa shape index (κ3) is 1.87. The van der Waals surface area contributed by atoms with Crippen molar-refractivity contribution < 1.29 is 9.50 Å². The fraction of sp³-hybridized carbons (Fsp3) is 0. The minimum atomic E-state index is -0.324. The minimum Gasteiger partial charge on any atom is -0.505 e. The molecular weight excluding hydrogens is 243 g/mol. The maximum Gasteiger partial charge on any atom is 0.149 e. The fourth-order valence-corrected chi connectivity index (χ4v) is 2.11. The lowest BCUT2D eigenvalue weighted by Gasteiger charge is -2.10. The maximum absolute atomic E-state index is 12.9. The van der Waals surface area contributed by atoms with Gasteiger partial charge >= 0.3 is 0 Å². The van der Waals surface area contributed by atoms with Crippen LogP contribution in [0.1, 0.15) is 0 Å². The number of aromatic hydroxyl groups is 1. The Hall–Kier alpha value is -2.62. The Morgan fingerprint density at radius 2 is 1.84 bits per heavy atom. The van der Waals surface area contributed by atoms with Crippen LogP contribution in [0.2, 0.25) is 0 Å². The second-order valence-electron chi connectivity index (χ2n) is 4.27. The Bertz CT molecular complexity index is 754. The van der Waals surface area contributed by atoms with Gasteiger partial charge in [0.25, 0.3) is 0 Å². The van der Waals surface area contributed by atoms with Crippen molar-refractivity contribution in [3.63, 3.8) is 0 Å². The van der Waals surface area contributed by atoms with Gasteiger partial charge in [0.15, 0.2) is 0 Å². The standard InChI is InChI=1S/C15H11FN2O/c16-10-5-3-9(4-6-10)12-8-13(17)11-2-1-7-18-14(11)15(12)19/h1-8,19H,17H2. The van der Waals surface area contributed by atoms with Crippen molar-refractivity contribution >= 4 is 16.6 Å². The Balaban J connectivity index is 2.30. The van der Waals surface area contributed by atoms with Crippen LogP contribution in [0.4, 0.5) is 10.1 Å². The number of aromatic nitrogens is 1. The number of halogens is 1. The molecule has 3 nitrogen and oxygen atoms in total. The molecule has 1 heterocycles. The van der Waals surface area contributed by atoms with Crippen LogP contribution >= 0.6 is 0 Å². The van der Waals surface area contributed by atoms with Crippen LogP contribution in [0.3, 0.4) is 0 Å². The van der Waals surface area contributed by atoms with Crippen LogP contribution in [-0.2, 0) is 0 Å². The number of nitrogens with zero attached hydrogens (tertiary/aromatic N) is 1. The van der Waals surface area contributed by atoms with Crippen molar-refractivity contribution in [3.8, 4) is 16.9 Å². The Morgan fingerprint density at radius 3 is 2.58 bits per heavy atom. The fourth-order valence-electron chi connectivity index (χ4n) is 2.11. The van der Waals surface area contributed by atoms with Gasteiger partial charge in [0.05, 0.1) is 0 Å². The molecule has 19 heavy (non-hydrogen) atoms. The van der Waals surface area contributed by atoms with Crippen LogP contribution in [0.5, 0.6) is 5.75 Å². The van der Waals surface area contributed by atoms with E-state index in [0.29, 0.717) is 27.7 Å². The number of rotatable bonds is 1. The number of benzene rings is 2. The van der Waals surface area contributed by atoms with E-state index >= 15 is 0 Å². The Morgan fingerprint density at radius 1 is 1.11 bits per heavy atom. The summed E-state index contributed by atoms with van der Waals surface area (Å²) in [5, 5.41) is 11.0. The predicted octanol–water partition coefficient (Wildman–Crippen LogP) is 3.33. The van der Waals surface area contributed by atoms with Crippen molar-refractivity contribution in [1.29, 1.82) is 0 Å². The number of phenols is 1. The Labute approximate surface area is 109 Å². The summed E-state index contributed by atoms with van der Waals surface area (Å²) < 4.78 is 12.9. The molecule has 0 saturated carbocycles. The summed E-state index contributed by atoms with van der Waals surface area (Å²) in [5.41, 5.74) is 8.18. The number of pyridine rings is 1. The molecule has 0 unspecified atom stereocenters. The van der Waals surface area contributed by atoms with Crippen molar-refractivity contribution in [2.24, 2.45) is 0 Å². The van der Waals surface area contributed by atoms with Crippen molar-refractivity contribution in [2.75, 3.05) is 5.73 Å². The number of hydrogen-bond acceptors (Lipinski definition) is 3. The second-order valence-corrected chi connectivity index (χ2v) is 4.27. The monoisotopic (exact) mass is 254 g/mol. The first-order valence-electron chi connectivity index (χ1n) is 5.79. The number of anilines is 1. The van der Waals surface area contributed by atoms with Gasteiger partial charge in [-0.3, -0.25) is 4.98 Å².